The van der Waals surface area contributed by atoms with Gasteiger partial charge >= 0.3 is 0 Å². The van der Waals surface area contributed by atoms with Crippen LogP contribution >= 0.6 is 12.4 Å². The van der Waals surface area contributed by atoms with Crippen LogP contribution in [0.4, 0.5) is 11.5 Å². The summed E-state index contributed by atoms with van der Waals surface area (Å²) in [5.74, 6) is 1.75. The molecule has 3 N–H and O–H groups in total. The minimum Gasteiger partial charge on any atom is -0.493 e. The number of aromatic nitrogens is 1. The van der Waals surface area contributed by atoms with E-state index in [1.54, 1.807) is 24.3 Å². The van der Waals surface area contributed by atoms with E-state index in [1.165, 1.54) is 19.0 Å². The van der Waals surface area contributed by atoms with Crippen molar-refractivity contribution in [2.75, 3.05) is 17.7 Å². The molecule has 0 atom stereocenters. The first kappa shape index (κ1) is 16.1. The number of rotatable bonds is 5. The average molecular weight is 320 g/mol. The largest absolute Gasteiger partial charge is 0.493 e. The number of nitrogen functional groups attached to an aromatic ring is 1. The predicted molar refractivity (Wildman–Crippen MR) is 88.5 cm³/mol. The maximum atomic E-state index is 12.1. The van der Waals surface area contributed by atoms with Crippen LogP contribution in [-0.4, -0.2) is 17.5 Å². The number of nitrogens with zero attached hydrogens (tertiary/aromatic N) is 1. The molecule has 1 aromatic heterocycles. The van der Waals surface area contributed by atoms with Gasteiger partial charge in [0.25, 0.3) is 5.91 Å². The van der Waals surface area contributed by atoms with Gasteiger partial charge in [-0.15, -0.1) is 12.4 Å². The normalized spacial score (nSPS) is 13.1. The third kappa shape index (κ3) is 4.36. The molecular weight excluding hydrogens is 302 g/mol. The maximum Gasteiger partial charge on any atom is 0.255 e. The van der Waals surface area contributed by atoms with Crippen LogP contribution in [0, 0.1) is 5.92 Å². The summed E-state index contributed by atoms with van der Waals surface area (Å²) in [7, 11) is 0. The first-order chi connectivity index (χ1) is 10.2. The molecule has 0 unspecified atom stereocenters. The lowest BCUT2D eigenvalue weighted by Gasteiger charge is -2.07. The Morgan fingerprint density at radius 1 is 1.23 bits per heavy atom. The second-order valence-corrected chi connectivity index (χ2v) is 5.20. The number of anilines is 2. The van der Waals surface area contributed by atoms with E-state index in [0.717, 1.165) is 12.4 Å². The minimum atomic E-state index is -0.185. The van der Waals surface area contributed by atoms with Gasteiger partial charge in [-0.05, 0) is 55.2 Å². The highest BCUT2D eigenvalue weighted by atomic mass is 35.5. The fourth-order valence-corrected chi connectivity index (χ4v) is 1.88. The average Bonchev–Trinajstić information content (AvgIpc) is 3.32. The first-order valence-corrected chi connectivity index (χ1v) is 6.96. The van der Waals surface area contributed by atoms with Gasteiger partial charge in [0.15, 0.2) is 0 Å². The van der Waals surface area contributed by atoms with E-state index in [-0.39, 0.29) is 18.3 Å². The minimum absolute atomic E-state index is 0. The number of amides is 1. The van der Waals surface area contributed by atoms with Crippen LogP contribution in [0.2, 0.25) is 0 Å². The summed E-state index contributed by atoms with van der Waals surface area (Å²) in [5.41, 5.74) is 6.69. The Hall–Kier alpha value is -2.27. The molecule has 5 nitrogen and oxygen atoms in total. The van der Waals surface area contributed by atoms with Crippen molar-refractivity contribution in [2.45, 2.75) is 12.8 Å². The highest BCUT2D eigenvalue weighted by molar-refractivity contribution is 6.04. The Balaban J connectivity index is 0.00000176. The zero-order valence-corrected chi connectivity index (χ0v) is 12.8. The van der Waals surface area contributed by atoms with Crippen LogP contribution in [0.3, 0.4) is 0 Å². The molecule has 0 bridgehead atoms. The third-order valence-corrected chi connectivity index (χ3v) is 3.34. The van der Waals surface area contributed by atoms with E-state index in [9.17, 15) is 4.79 Å². The fourth-order valence-electron chi connectivity index (χ4n) is 1.88. The molecule has 1 aliphatic rings. The molecule has 6 heteroatoms. The summed E-state index contributed by atoms with van der Waals surface area (Å²) >= 11 is 0. The molecule has 116 valence electrons. The van der Waals surface area contributed by atoms with Crippen molar-refractivity contribution in [1.82, 2.24) is 4.98 Å². The molecule has 1 heterocycles. The number of pyridine rings is 1. The summed E-state index contributed by atoms with van der Waals surface area (Å²) in [4.78, 5) is 16.0. The summed E-state index contributed by atoms with van der Waals surface area (Å²) in [6.45, 7) is 0.767. The Bertz CT molecular complexity index is 625. The molecule has 1 fully saturated rings. The molecule has 0 aliphatic heterocycles. The van der Waals surface area contributed by atoms with Gasteiger partial charge in [-0.25, -0.2) is 4.98 Å². The summed E-state index contributed by atoms with van der Waals surface area (Å²) in [5, 5.41) is 2.77. The summed E-state index contributed by atoms with van der Waals surface area (Å²) < 4.78 is 5.64. The molecule has 2 aromatic rings. The Morgan fingerprint density at radius 2 is 1.95 bits per heavy atom. The zero-order valence-electron chi connectivity index (χ0n) is 12.0. The maximum absolute atomic E-state index is 12.1. The van der Waals surface area contributed by atoms with E-state index in [4.69, 9.17) is 10.5 Å². The van der Waals surface area contributed by atoms with Gasteiger partial charge in [0.05, 0.1) is 18.5 Å². The van der Waals surface area contributed by atoms with Crippen molar-refractivity contribution >= 4 is 29.8 Å². The monoisotopic (exact) mass is 319 g/mol. The lowest BCUT2D eigenvalue weighted by Crippen LogP contribution is -2.12. The summed E-state index contributed by atoms with van der Waals surface area (Å²) in [6.07, 6.45) is 4.05. The number of ether oxygens (including phenoxy) is 1. The zero-order chi connectivity index (χ0) is 14.7. The number of hydrogen-bond donors (Lipinski definition) is 2. The van der Waals surface area contributed by atoms with Gasteiger partial charge in [0.1, 0.15) is 11.6 Å². The number of carbonyl (C=O) groups excluding carboxylic acids is 1. The van der Waals surface area contributed by atoms with Gasteiger partial charge in [-0.2, -0.15) is 0 Å². The molecule has 1 aromatic carbocycles. The van der Waals surface area contributed by atoms with Crippen molar-refractivity contribution in [3.63, 3.8) is 0 Å². The van der Waals surface area contributed by atoms with E-state index in [0.29, 0.717) is 23.0 Å². The quantitative estimate of drug-likeness (QED) is 0.887. The molecule has 22 heavy (non-hydrogen) atoms. The van der Waals surface area contributed by atoms with E-state index < -0.39 is 0 Å². The number of nitrogens with one attached hydrogen (secondary N) is 1. The second kappa shape index (κ2) is 7.13. The van der Waals surface area contributed by atoms with Crippen molar-refractivity contribution in [2.24, 2.45) is 5.92 Å². The number of halogens is 1. The van der Waals surface area contributed by atoms with Crippen LogP contribution in [0.15, 0.2) is 42.6 Å². The molecule has 3 rings (SSSR count). The number of benzene rings is 1. The van der Waals surface area contributed by atoms with Crippen LogP contribution in [0.5, 0.6) is 5.75 Å². The smallest absolute Gasteiger partial charge is 0.255 e. The van der Waals surface area contributed by atoms with Crippen molar-refractivity contribution < 1.29 is 9.53 Å². The topological polar surface area (TPSA) is 77.2 Å². The molecular formula is C16H18ClN3O2. The molecule has 0 saturated heterocycles. The van der Waals surface area contributed by atoms with Crippen molar-refractivity contribution in [3.05, 3.63) is 48.2 Å². The SMILES string of the molecule is Cl.Nc1ccc(NC(=O)c2ccc(OCC3CC3)cc2)cn1. The van der Waals surface area contributed by atoms with Crippen molar-refractivity contribution in [1.29, 1.82) is 0 Å². The molecule has 1 amide bonds. The highest BCUT2D eigenvalue weighted by Gasteiger charge is 2.21. The van der Waals surface area contributed by atoms with E-state index in [2.05, 4.69) is 10.3 Å². The molecule has 0 radical (unpaired) electrons. The standard InChI is InChI=1S/C16H17N3O2.ClH/c17-15-8-5-13(9-18-15)19-16(20)12-3-6-14(7-4-12)21-10-11-1-2-11;/h3-9,11H,1-2,10H2,(H2,17,18)(H,19,20);1H. The molecule has 1 aliphatic carbocycles. The fraction of sp³-hybridized carbons (Fsp3) is 0.250. The Kier molecular flexibility index (Phi) is 5.22. The third-order valence-electron chi connectivity index (χ3n) is 3.34. The van der Waals surface area contributed by atoms with Crippen LogP contribution in [0.1, 0.15) is 23.2 Å². The van der Waals surface area contributed by atoms with Crippen LogP contribution < -0.4 is 15.8 Å². The van der Waals surface area contributed by atoms with E-state index in [1.807, 2.05) is 12.1 Å². The van der Waals surface area contributed by atoms with Gasteiger partial charge < -0.3 is 15.8 Å². The summed E-state index contributed by atoms with van der Waals surface area (Å²) in [6, 6.07) is 10.5. The predicted octanol–water partition coefficient (Wildman–Crippen LogP) is 3.13. The Labute approximate surface area is 135 Å². The lowest BCUT2D eigenvalue weighted by atomic mass is 10.2. The number of hydrogen-bond acceptors (Lipinski definition) is 4. The first-order valence-electron chi connectivity index (χ1n) is 6.96. The van der Waals surface area contributed by atoms with E-state index >= 15 is 0 Å². The van der Waals surface area contributed by atoms with Gasteiger partial charge in [0, 0.05) is 5.56 Å². The van der Waals surface area contributed by atoms with Gasteiger partial charge in [-0.1, -0.05) is 0 Å². The highest BCUT2D eigenvalue weighted by Crippen LogP contribution is 2.29. The molecule has 0 spiro atoms. The van der Waals surface area contributed by atoms with Crippen LogP contribution in [-0.2, 0) is 0 Å². The van der Waals surface area contributed by atoms with Crippen LogP contribution in [0.25, 0.3) is 0 Å². The number of carbonyl (C=O) groups is 1. The second-order valence-electron chi connectivity index (χ2n) is 5.20. The van der Waals surface area contributed by atoms with Gasteiger partial charge in [-0.3, -0.25) is 4.79 Å². The molecule has 1 saturated carbocycles. The number of nitrogens with two attached hydrogens (primary N) is 1. The lowest BCUT2D eigenvalue weighted by molar-refractivity contribution is 0.102. The van der Waals surface area contributed by atoms with Crippen molar-refractivity contribution in [3.8, 4) is 5.75 Å². The van der Waals surface area contributed by atoms with Gasteiger partial charge in [0.2, 0.25) is 0 Å². The Morgan fingerprint density at radius 3 is 2.55 bits per heavy atom.